The normalized spacial score (nSPS) is 26.4. The molecule has 0 amide bonds. The molecule has 0 spiro atoms. The smallest absolute Gasteiger partial charge is 0.0595 e. The Morgan fingerprint density at radius 1 is 1.33 bits per heavy atom. The van der Waals surface area contributed by atoms with Crippen molar-refractivity contribution in [2.45, 2.75) is 25.1 Å². The number of rotatable bonds is 3. The summed E-state index contributed by atoms with van der Waals surface area (Å²) in [4.78, 5) is 0. The van der Waals surface area contributed by atoms with Gasteiger partial charge in [0.15, 0.2) is 0 Å². The van der Waals surface area contributed by atoms with Gasteiger partial charge in [-0.25, -0.2) is 0 Å². The molecule has 1 aromatic rings. The van der Waals surface area contributed by atoms with E-state index in [4.69, 9.17) is 34.8 Å². The van der Waals surface area contributed by atoms with Gasteiger partial charge in [0.2, 0.25) is 0 Å². The molecule has 1 fully saturated rings. The van der Waals surface area contributed by atoms with Gasteiger partial charge in [-0.15, -0.1) is 11.6 Å². The van der Waals surface area contributed by atoms with Crippen LogP contribution in [0.15, 0.2) is 18.2 Å². The quantitative estimate of drug-likeness (QED) is 0.687. The molecule has 0 aromatic heterocycles. The Kier molecular flexibility index (Phi) is 3.49. The second-order valence-electron chi connectivity index (χ2n) is 4.35. The van der Waals surface area contributed by atoms with Crippen LogP contribution in [0, 0.1) is 11.8 Å². The van der Waals surface area contributed by atoms with Crippen molar-refractivity contribution >= 4 is 34.8 Å². The van der Waals surface area contributed by atoms with E-state index in [1.807, 2.05) is 18.2 Å². The maximum atomic E-state index is 6.32. The molecule has 0 bridgehead atoms. The zero-order valence-corrected chi connectivity index (χ0v) is 10.8. The lowest BCUT2D eigenvalue weighted by Crippen LogP contribution is -2.06. The lowest BCUT2D eigenvalue weighted by atomic mass is 10.1. The lowest BCUT2D eigenvalue weighted by molar-refractivity contribution is 0.683. The van der Waals surface area contributed by atoms with Crippen LogP contribution in [-0.4, -0.2) is 5.38 Å². The Balaban J connectivity index is 2.01. The van der Waals surface area contributed by atoms with Crippen molar-refractivity contribution in [1.82, 2.24) is 0 Å². The summed E-state index contributed by atoms with van der Waals surface area (Å²) >= 11 is 18.1. The van der Waals surface area contributed by atoms with Crippen molar-refractivity contribution in [1.29, 1.82) is 0 Å². The van der Waals surface area contributed by atoms with Gasteiger partial charge in [-0.05, 0) is 42.4 Å². The highest BCUT2D eigenvalue weighted by molar-refractivity contribution is 6.42. The summed E-state index contributed by atoms with van der Waals surface area (Å²) in [6.07, 6.45) is 2.14. The average molecular weight is 264 g/mol. The maximum absolute atomic E-state index is 6.32. The third-order valence-electron chi connectivity index (χ3n) is 3.05. The van der Waals surface area contributed by atoms with Crippen molar-refractivity contribution in [3.8, 4) is 0 Å². The predicted molar refractivity (Wildman–Crippen MR) is 67.1 cm³/mol. The van der Waals surface area contributed by atoms with Crippen LogP contribution in [0.2, 0.25) is 10.0 Å². The Hall–Kier alpha value is 0.0900. The molecule has 0 N–H and O–H groups in total. The molecule has 3 unspecified atom stereocenters. The van der Waals surface area contributed by atoms with Crippen LogP contribution in [0.25, 0.3) is 0 Å². The van der Waals surface area contributed by atoms with E-state index in [2.05, 4.69) is 6.92 Å². The average Bonchev–Trinajstić information content (AvgIpc) is 2.89. The van der Waals surface area contributed by atoms with Crippen LogP contribution in [0.1, 0.15) is 18.9 Å². The molecule has 1 aliphatic carbocycles. The van der Waals surface area contributed by atoms with Gasteiger partial charge in [-0.1, -0.05) is 36.2 Å². The van der Waals surface area contributed by atoms with E-state index < -0.39 is 0 Å². The predicted octanol–water partition coefficient (Wildman–Crippen LogP) is 4.80. The molecule has 1 aromatic carbocycles. The van der Waals surface area contributed by atoms with Gasteiger partial charge < -0.3 is 0 Å². The number of benzene rings is 1. The Morgan fingerprint density at radius 3 is 2.53 bits per heavy atom. The molecular weight excluding hydrogens is 250 g/mol. The SMILES string of the molecule is CC1CC1C(Cl)Cc1ccc(Cl)c(Cl)c1. The maximum Gasteiger partial charge on any atom is 0.0595 e. The van der Waals surface area contributed by atoms with Gasteiger partial charge in [0.1, 0.15) is 0 Å². The van der Waals surface area contributed by atoms with Crippen molar-refractivity contribution in [2.75, 3.05) is 0 Å². The fourth-order valence-corrected chi connectivity index (χ4v) is 2.75. The first-order valence-electron chi connectivity index (χ1n) is 5.16. The van der Waals surface area contributed by atoms with Crippen LogP contribution in [-0.2, 0) is 6.42 Å². The minimum absolute atomic E-state index is 0.234. The third kappa shape index (κ3) is 2.81. The molecule has 2 rings (SSSR count). The molecule has 1 aliphatic rings. The molecule has 15 heavy (non-hydrogen) atoms. The van der Waals surface area contributed by atoms with Gasteiger partial charge >= 0.3 is 0 Å². The second kappa shape index (κ2) is 4.53. The minimum atomic E-state index is 0.234. The highest BCUT2D eigenvalue weighted by atomic mass is 35.5. The molecule has 1 saturated carbocycles. The fourth-order valence-electron chi connectivity index (χ4n) is 1.90. The molecule has 0 saturated heterocycles. The van der Waals surface area contributed by atoms with Crippen LogP contribution in [0.5, 0.6) is 0 Å². The summed E-state index contributed by atoms with van der Waals surface area (Å²) in [6.45, 7) is 2.24. The summed E-state index contributed by atoms with van der Waals surface area (Å²) in [5.74, 6) is 1.47. The van der Waals surface area contributed by atoms with Crippen molar-refractivity contribution in [3.05, 3.63) is 33.8 Å². The van der Waals surface area contributed by atoms with Gasteiger partial charge in [0.05, 0.1) is 10.0 Å². The van der Waals surface area contributed by atoms with Gasteiger partial charge in [0, 0.05) is 5.38 Å². The van der Waals surface area contributed by atoms with Crippen molar-refractivity contribution < 1.29 is 0 Å². The Morgan fingerprint density at radius 2 is 2.00 bits per heavy atom. The molecule has 3 heteroatoms. The van der Waals surface area contributed by atoms with E-state index in [0.29, 0.717) is 16.0 Å². The van der Waals surface area contributed by atoms with E-state index in [1.165, 1.54) is 12.0 Å². The van der Waals surface area contributed by atoms with E-state index in [0.717, 1.165) is 12.3 Å². The summed E-state index contributed by atoms with van der Waals surface area (Å²) in [7, 11) is 0. The van der Waals surface area contributed by atoms with Crippen LogP contribution in [0.4, 0.5) is 0 Å². The Bertz CT molecular complexity index is 362. The van der Waals surface area contributed by atoms with Crippen molar-refractivity contribution in [3.63, 3.8) is 0 Å². The lowest BCUT2D eigenvalue weighted by Gasteiger charge is -2.09. The summed E-state index contributed by atoms with van der Waals surface area (Å²) in [5, 5.41) is 1.45. The van der Waals surface area contributed by atoms with E-state index in [9.17, 15) is 0 Å². The summed E-state index contributed by atoms with van der Waals surface area (Å²) < 4.78 is 0. The van der Waals surface area contributed by atoms with Gasteiger partial charge in [-0.3, -0.25) is 0 Å². The zero-order chi connectivity index (χ0) is 11.0. The van der Waals surface area contributed by atoms with Crippen molar-refractivity contribution in [2.24, 2.45) is 11.8 Å². The minimum Gasteiger partial charge on any atom is -0.122 e. The zero-order valence-electron chi connectivity index (χ0n) is 8.51. The molecule has 0 nitrogen and oxygen atoms in total. The van der Waals surface area contributed by atoms with Gasteiger partial charge in [0.25, 0.3) is 0 Å². The highest BCUT2D eigenvalue weighted by Gasteiger charge is 2.38. The van der Waals surface area contributed by atoms with E-state index in [-0.39, 0.29) is 5.38 Å². The first-order chi connectivity index (χ1) is 7.08. The Labute approximate surface area is 106 Å². The molecule has 0 heterocycles. The number of hydrogen-bond donors (Lipinski definition) is 0. The van der Waals surface area contributed by atoms with E-state index in [1.54, 1.807) is 0 Å². The first kappa shape index (κ1) is 11.6. The topological polar surface area (TPSA) is 0 Å². The summed E-state index contributed by atoms with van der Waals surface area (Å²) in [5.41, 5.74) is 1.17. The number of alkyl halides is 1. The van der Waals surface area contributed by atoms with E-state index >= 15 is 0 Å². The van der Waals surface area contributed by atoms with Crippen LogP contribution in [0.3, 0.4) is 0 Å². The summed E-state index contributed by atoms with van der Waals surface area (Å²) in [6, 6.07) is 5.74. The highest BCUT2D eigenvalue weighted by Crippen LogP contribution is 2.44. The molecular formula is C12H13Cl3. The second-order valence-corrected chi connectivity index (χ2v) is 5.72. The van der Waals surface area contributed by atoms with Crippen LogP contribution >= 0.6 is 34.8 Å². The molecule has 0 radical (unpaired) electrons. The molecule has 3 atom stereocenters. The largest absolute Gasteiger partial charge is 0.122 e. The fraction of sp³-hybridized carbons (Fsp3) is 0.500. The van der Waals surface area contributed by atoms with Crippen LogP contribution < -0.4 is 0 Å². The van der Waals surface area contributed by atoms with Gasteiger partial charge in [-0.2, -0.15) is 0 Å². The number of halogens is 3. The number of hydrogen-bond acceptors (Lipinski definition) is 0. The monoisotopic (exact) mass is 262 g/mol. The molecule has 82 valence electrons. The third-order valence-corrected chi connectivity index (χ3v) is 4.27. The standard InChI is InChI=1S/C12H13Cl3/c1-7-4-9(7)11(14)5-8-2-3-10(13)12(15)6-8/h2-3,6-7,9,11H,4-5H2,1H3. The first-order valence-corrected chi connectivity index (χ1v) is 6.35. The molecule has 0 aliphatic heterocycles.